The SMILES string of the molecule is CCOc1cn(-c2ccc(F)cc2CC)nc1C(=O)Nc1ccc(Oc2ccnc3cc(OC)c(OC)cc23)cn1. The van der Waals surface area contributed by atoms with Crippen molar-refractivity contribution in [3.8, 4) is 34.4 Å². The van der Waals surface area contributed by atoms with Crippen LogP contribution in [0, 0.1) is 5.82 Å². The Balaban J connectivity index is 1.36. The van der Waals surface area contributed by atoms with Gasteiger partial charge < -0.3 is 24.3 Å². The fourth-order valence-corrected chi connectivity index (χ4v) is 4.31. The molecule has 1 N–H and O–H groups in total. The second-order valence-corrected chi connectivity index (χ2v) is 8.81. The number of ether oxygens (including phenoxy) is 4. The fourth-order valence-electron chi connectivity index (χ4n) is 4.31. The number of carbonyl (C=O) groups is 1. The molecular weight excluding hydrogens is 529 g/mol. The fraction of sp³-hybridized carbons (Fsp3) is 0.200. The molecule has 0 saturated heterocycles. The van der Waals surface area contributed by atoms with Crippen molar-refractivity contribution in [3.05, 3.63) is 84.2 Å². The number of rotatable bonds is 10. The van der Waals surface area contributed by atoms with Crippen molar-refractivity contribution in [2.75, 3.05) is 26.1 Å². The lowest BCUT2D eigenvalue weighted by Crippen LogP contribution is -2.15. The number of hydrogen-bond acceptors (Lipinski definition) is 8. The molecule has 5 aromatic rings. The molecule has 0 spiro atoms. The molecule has 0 atom stereocenters. The van der Waals surface area contributed by atoms with E-state index in [0.29, 0.717) is 58.8 Å². The molecular formula is C30H28FN5O5. The number of pyridine rings is 2. The zero-order chi connectivity index (χ0) is 28.9. The predicted molar refractivity (Wildman–Crippen MR) is 151 cm³/mol. The van der Waals surface area contributed by atoms with Gasteiger partial charge >= 0.3 is 0 Å². The highest BCUT2D eigenvalue weighted by molar-refractivity contribution is 6.04. The smallest absolute Gasteiger partial charge is 0.281 e. The molecule has 5 rings (SSSR count). The first-order chi connectivity index (χ1) is 19.9. The van der Waals surface area contributed by atoms with Crippen LogP contribution in [0.5, 0.6) is 28.7 Å². The zero-order valence-electron chi connectivity index (χ0n) is 23.0. The highest BCUT2D eigenvalue weighted by Gasteiger charge is 2.21. The summed E-state index contributed by atoms with van der Waals surface area (Å²) < 4.78 is 37.8. The van der Waals surface area contributed by atoms with Gasteiger partial charge in [0, 0.05) is 17.6 Å². The minimum absolute atomic E-state index is 0.0768. The molecule has 0 aliphatic rings. The van der Waals surface area contributed by atoms with Gasteiger partial charge in [0.1, 0.15) is 23.1 Å². The first-order valence-corrected chi connectivity index (χ1v) is 12.9. The molecule has 3 aromatic heterocycles. The lowest BCUT2D eigenvalue weighted by atomic mass is 10.1. The lowest BCUT2D eigenvalue weighted by molar-refractivity contribution is 0.101. The molecule has 1 amide bonds. The van der Waals surface area contributed by atoms with Crippen molar-refractivity contribution >= 4 is 22.6 Å². The van der Waals surface area contributed by atoms with Gasteiger partial charge in [-0.05, 0) is 61.4 Å². The van der Waals surface area contributed by atoms with Gasteiger partial charge in [-0.1, -0.05) is 6.92 Å². The Morgan fingerprint density at radius 1 is 0.951 bits per heavy atom. The van der Waals surface area contributed by atoms with E-state index >= 15 is 0 Å². The van der Waals surface area contributed by atoms with Crippen molar-refractivity contribution in [1.82, 2.24) is 19.7 Å². The standard InChI is InChI=1S/C30H28FN5O5/c1-5-18-13-19(31)7-9-23(18)36-17-27(40-6-2)29(35-36)30(37)34-28-10-8-20(16-33-28)41-24-11-12-32-22-15-26(39-4)25(38-3)14-21(22)24/h7-17H,5-6H2,1-4H3,(H,33,34,37). The maximum atomic E-state index is 13.8. The summed E-state index contributed by atoms with van der Waals surface area (Å²) in [6.07, 6.45) is 5.33. The number of aryl methyl sites for hydroxylation is 1. The Labute approximate surface area is 235 Å². The summed E-state index contributed by atoms with van der Waals surface area (Å²) in [7, 11) is 3.12. The summed E-state index contributed by atoms with van der Waals surface area (Å²) in [6, 6.07) is 13.0. The molecule has 11 heteroatoms. The predicted octanol–water partition coefficient (Wildman–Crippen LogP) is 5.98. The van der Waals surface area contributed by atoms with Crippen LogP contribution in [0.3, 0.4) is 0 Å². The molecule has 10 nitrogen and oxygen atoms in total. The van der Waals surface area contributed by atoms with Gasteiger partial charge in [0.2, 0.25) is 0 Å². The Kier molecular flexibility index (Phi) is 7.95. The molecule has 0 radical (unpaired) electrons. The van der Waals surface area contributed by atoms with Crippen molar-refractivity contribution < 1.29 is 28.1 Å². The first kappa shape index (κ1) is 27.4. The molecule has 0 saturated carbocycles. The summed E-state index contributed by atoms with van der Waals surface area (Å²) in [5.41, 5.74) is 2.16. The summed E-state index contributed by atoms with van der Waals surface area (Å²) >= 11 is 0. The second-order valence-electron chi connectivity index (χ2n) is 8.81. The van der Waals surface area contributed by atoms with Crippen molar-refractivity contribution in [1.29, 1.82) is 0 Å². The lowest BCUT2D eigenvalue weighted by Gasteiger charge is -2.12. The van der Waals surface area contributed by atoms with Crippen molar-refractivity contribution in [2.45, 2.75) is 20.3 Å². The van der Waals surface area contributed by atoms with E-state index in [-0.39, 0.29) is 11.5 Å². The van der Waals surface area contributed by atoms with Gasteiger partial charge in [0.05, 0.1) is 44.4 Å². The van der Waals surface area contributed by atoms with E-state index in [9.17, 15) is 9.18 Å². The molecule has 41 heavy (non-hydrogen) atoms. The van der Waals surface area contributed by atoms with Gasteiger partial charge in [-0.3, -0.25) is 9.78 Å². The number of halogens is 1. The van der Waals surface area contributed by atoms with E-state index < -0.39 is 5.91 Å². The number of aromatic nitrogens is 4. The summed E-state index contributed by atoms with van der Waals surface area (Å²) in [6.45, 7) is 4.07. The third-order valence-electron chi connectivity index (χ3n) is 6.28. The number of benzene rings is 2. The van der Waals surface area contributed by atoms with E-state index in [1.165, 1.54) is 23.0 Å². The van der Waals surface area contributed by atoms with Crippen molar-refractivity contribution in [2.24, 2.45) is 0 Å². The highest BCUT2D eigenvalue weighted by Crippen LogP contribution is 2.37. The van der Waals surface area contributed by atoms with E-state index in [2.05, 4.69) is 20.4 Å². The number of nitrogens with zero attached hydrogens (tertiary/aromatic N) is 4. The number of amides is 1. The van der Waals surface area contributed by atoms with Crippen LogP contribution in [0.25, 0.3) is 16.6 Å². The van der Waals surface area contributed by atoms with Crippen LogP contribution in [-0.4, -0.2) is 46.5 Å². The quantitative estimate of drug-likeness (QED) is 0.223. The minimum Gasteiger partial charge on any atom is -0.493 e. The Bertz CT molecular complexity index is 1700. The van der Waals surface area contributed by atoms with Crippen molar-refractivity contribution in [3.63, 3.8) is 0 Å². The maximum absolute atomic E-state index is 13.8. The first-order valence-electron chi connectivity index (χ1n) is 12.9. The number of carbonyl (C=O) groups excluding carboxylic acids is 1. The molecule has 0 aliphatic heterocycles. The second kappa shape index (κ2) is 11.9. The average Bonchev–Trinajstić information content (AvgIpc) is 3.41. The molecule has 0 bridgehead atoms. The van der Waals surface area contributed by atoms with Crippen LogP contribution in [-0.2, 0) is 6.42 Å². The van der Waals surface area contributed by atoms with Gasteiger partial charge in [-0.25, -0.2) is 14.1 Å². The van der Waals surface area contributed by atoms with Gasteiger partial charge in [-0.15, -0.1) is 0 Å². The Morgan fingerprint density at radius 2 is 1.76 bits per heavy atom. The zero-order valence-corrected chi connectivity index (χ0v) is 23.0. The largest absolute Gasteiger partial charge is 0.493 e. The summed E-state index contributed by atoms with van der Waals surface area (Å²) in [4.78, 5) is 21.9. The van der Waals surface area contributed by atoms with Gasteiger partial charge in [0.15, 0.2) is 22.9 Å². The van der Waals surface area contributed by atoms with Gasteiger partial charge in [-0.2, -0.15) is 5.10 Å². The molecule has 2 aromatic carbocycles. The van der Waals surface area contributed by atoms with E-state index in [0.717, 1.165) is 10.9 Å². The van der Waals surface area contributed by atoms with Crippen LogP contribution >= 0.6 is 0 Å². The van der Waals surface area contributed by atoms with Crippen LogP contribution in [0.4, 0.5) is 10.2 Å². The summed E-state index contributed by atoms with van der Waals surface area (Å²) in [5, 5.41) is 7.92. The summed E-state index contributed by atoms with van der Waals surface area (Å²) in [5.74, 6) is 1.86. The number of fused-ring (bicyclic) bond motifs is 1. The minimum atomic E-state index is -0.505. The van der Waals surface area contributed by atoms with Crippen LogP contribution < -0.4 is 24.3 Å². The third kappa shape index (κ3) is 5.74. The third-order valence-corrected chi connectivity index (χ3v) is 6.28. The van der Waals surface area contributed by atoms with E-state index in [1.807, 2.05) is 13.8 Å². The topological polar surface area (TPSA) is 110 Å². The highest BCUT2D eigenvalue weighted by atomic mass is 19.1. The molecule has 0 fully saturated rings. The molecule has 210 valence electrons. The molecule has 3 heterocycles. The molecule has 0 aliphatic carbocycles. The molecule has 0 unspecified atom stereocenters. The number of nitrogens with one attached hydrogen (secondary N) is 1. The number of hydrogen-bond donors (Lipinski definition) is 1. The van der Waals surface area contributed by atoms with Crippen LogP contribution in [0.15, 0.2) is 67.1 Å². The number of anilines is 1. The normalized spacial score (nSPS) is 10.9. The van der Waals surface area contributed by atoms with Crippen LogP contribution in [0.1, 0.15) is 29.9 Å². The van der Waals surface area contributed by atoms with E-state index in [4.69, 9.17) is 18.9 Å². The van der Waals surface area contributed by atoms with E-state index in [1.54, 1.807) is 63.0 Å². The Hall–Kier alpha value is -5.19. The van der Waals surface area contributed by atoms with Gasteiger partial charge in [0.25, 0.3) is 5.91 Å². The number of methoxy groups -OCH3 is 2. The average molecular weight is 558 g/mol. The Morgan fingerprint density at radius 3 is 2.46 bits per heavy atom. The van der Waals surface area contributed by atoms with Crippen LogP contribution in [0.2, 0.25) is 0 Å². The monoisotopic (exact) mass is 557 g/mol. The maximum Gasteiger partial charge on any atom is 0.281 e.